The Hall–Kier alpha value is -1.99. The first-order valence-electron chi connectivity index (χ1n) is 11.4. The summed E-state index contributed by atoms with van der Waals surface area (Å²) in [4.78, 5) is 20.6. The maximum atomic E-state index is 13.3. The average molecular weight is 414 g/mol. The van der Waals surface area contributed by atoms with Crippen LogP contribution in [0.1, 0.15) is 60.8 Å². The van der Waals surface area contributed by atoms with E-state index >= 15 is 0 Å². The van der Waals surface area contributed by atoms with Crippen LogP contribution < -0.4 is 5.32 Å². The number of carbonyl (C=O) groups excluding carboxylic acids is 1. The standard InChI is InChI=1S/C23H35N5O2/c1-4-28-21-20(18(3)26-28)19(14-17(2)25-21)22(29)24-15-23(8-12-30-13-9-23)16-27-10-6-5-7-11-27/h14H,4-13,15-16H2,1-3H3,(H,24,29). The van der Waals surface area contributed by atoms with Gasteiger partial charge < -0.3 is 15.0 Å². The minimum absolute atomic E-state index is 0.0197. The fraction of sp³-hybridized carbons (Fsp3) is 0.696. The van der Waals surface area contributed by atoms with Crippen molar-refractivity contribution in [1.82, 2.24) is 25.0 Å². The molecule has 0 atom stereocenters. The highest BCUT2D eigenvalue weighted by molar-refractivity contribution is 6.06. The van der Waals surface area contributed by atoms with Gasteiger partial charge >= 0.3 is 0 Å². The molecule has 2 aromatic heterocycles. The lowest BCUT2D eigenvalue weighted by molar-refractivity contribution is -0.00671. The number of carbonyl (C=O) groups is 1. The highest BCUT2D eigenvalue weighted by atomic mass is 16.5. The lowest BCUT2D eigenvalue weighted by Crippen LogP contribution is -2.49. The molecule has 2 fully saturated rings. The molecule has 2 saturated heterocycles. The van der Waals surface area contributed by atoms with Gasteiger partial charge in [0.05, 0.1) is 16.6 Å². The summed E-state index contributed by atoms with van der Waals surface area (Å²) in [6.07, 6.45) is 5.91. The molecule has 2 aliphatic rings. The third-order valence-electron chi connectivity index (χ3n) is 6.73. The van der Waals surface area contributed by atoms with E-state index in [0.717, 1.165) is 61.6 Å². The van der Waals surface area contributed by atoms with Gasteiger partial charge in [-0.25, -0.2) is 9.67 Å². The third kappa shape index (κ3) is 4.37. The summed E-state index contributed by atoms with van der Waals surface area (Å²) in [5, 5.41) is 8.74. The van der Waals surface area contributed by atoms with Gasteiger partial charge in [0.25, 0.3) is 5.91 Å². The Morgan fingerprint density at radius 1 is 1.20 bits per heavy atom. The van der Waals surface area contributed by atoms with Gasteiger partial charge in [-0.15, -0.1) is 0 Å². The first kappa shape index (κ1) is 21.2. The summed E-state index contributed by atoms with van der Waals surface area (Å²) in [6.45, 7) is 12.3. The van der Waals surface area contributed by atoms with Gasteiger partial charge in [0.1, 0.15) is 0 Å². The van der Waals surface area contributed by atoms with Crippen molar-refractivity contribution >= 4 is 16.9 Å². The second kappa shape index (κ2) is 9.02. The van der Waals surface area contributed by atoms with Crippen LogP contribution >= 0.6 is 0 Å². The maximum absolute atomic E-state index is 13.3. The molecule has 0 aliphatic carbocycles. The molecule has 0 saturated carbocycles. The van der Waals surface area contributed by atoms with Crippen LogP contribution in [0.25, 0.3) is 11.0 Å². The number of hydrogen-bond acceptors (Lipinski definition) is 5. The second-order valence-electron chi connectivity index (χ2n) is 9.04. The Bertz CT molecular complexity index is 895. The Morgan fingerprint density at radius 2 is 1.93 bits per heavy atom. The van der Waals surface area contributed by atoms with Crippen LogP contribution in [0.2, 0.25) is 0 Å². The predicted octanol–water partition coefficient (Wildman–Crippen LogP) is 3.08. The Labute approximate surface area is 179 Å². The number of likely N-dealkylation sites (tertiary alicyclic amines) is 1. The van der Waals surface area contributed by atoms with E-state index < -0.39 is 0 Å². The predicted molar refractivity (Wildman–Crippen MR) is 118 cm³/mol. The van der Waals surface area contributed by atoms with Crippen molar-refractivity contribution in [2.24, 2.45) is 5.41 Å². The van der Waals surface area contributed by atoms with Crippen molar-refractivity contribution in [3.63, 3.8) is 0 Å². The van der Waals surface area contributed by atoms with Crippen LogP contribution in [-0.2, 0) is 11.3 Å². The largest absolute Gasteiger partial charge is 0.381 e. The van der Waals surface area contributed by atoms with E-state index in [1.807, 2.05) is 31.5 Å². The smallest absolute Gasteiger partial charge is 0.252 e. The number of piperidine rings is 1. The quantitative estimate of drug-likeness (QED) is 0.788. The molecule has 4 rings (SSSR count). The van der Waals surface area contributed by atoms with E-state index in [4.69, 9.17) is 4.74 Å². The van der Waals surface area contributed by atoms with E-state index in [0.29, 0.717) is 12.1 Å². The van der Waals surface area contributed by atoms with Crippen LogP contribution in [0.15, 0.2) is 6.07 Å². The van der Waals surface area contributed by atoms with Gasteiger partial charge in [-0.3, -0.25) is 4.79 Å². The molecule has 2 aliphatic heterocycles. The fourth-order valence-corrected chi connectivity index (χ4v) is 5.03. The summed E-state index contributed by atoms with van der Waals surface area (Å²) in [7, 11) is 0. The van der Waals surface area contributed by atoms with Crippen molar-refractivity contribution in [2.45, 2.75) is 59.4 Å². The van der Waals surface area contributed by atoms with Gasteiger partial charge in [0.2, 0.25) is 0 Å². The number of ether oxygens (including phenoxy) is 1. The molecule has 7 heteroatoms. The molecule has 4 heterocycles. The number of nitrogens with zero attached hydrogens (tertiary/aromatic N) is 4. The highest BCUT2D eigenvalue weighted by Crippen LogP contribution is 2.32. The summed E-state index contributed by atoms with van der Waals surface area (Å²) in [5.74, 6) is -0.0197. The van der Waals surface area contributed by atoms with E-state index in [2.05, 4.69) is 20.3 Å². The van der Waals surface area contributed by atoms with Gasteiger partial charge in [-0.05, 0) is 65.6 Å². The maximum Gasteiger partial charge on any atom is 0.252 e. The van der Waals surface area contributed by atoms with Crippen molar-refractivity contribution < 1.29 is 9.53 Å². The normalized spacial score (nSPS) is 19.8. The minimum atomic E-state index is -0.0197. The van der Waals surface area contributed by atoms with Crippen molar-refractivity contribution in [3.8, 4) is 0 Å². The number of nitrogens with one attached hydrogen (secondary N) is 1. The molecule has 0 radical (unpaired) electrons. The molecule has 1 N–H and O–H groups in total. The monoisotopic (exact) mass is 413 g/mol. The van der Waals surface area contributed by atoms with Crippen molar-refractivity contribution in [1.29, 1.82) is 0 Å². The summed E-state index contributed by atoms with van der Waals surface area (Å²) in [5.41, 5.74) is 3.29. The van der Waals surface area contributed by atoms with Gasteiger partial charge in [0.15, 0.2) is 5.65 Å². The Balaban J connectivity index is 1.54. The number of fused-ring (bicyclic) bond motifs is 1. The van der Waals surface area contributed by atoms with Crippen LogP contribution in [0.5, 0.6) is 0 Å². The molecular weight excluding hydrogens is 378 g/mol. The van der Waals surface area contributed by atoms with E-state index in [1.165, 1.54) is 32.4 Å². The zero-order valence-corrected chi connectivity index (χ0v) is 18.7. The number of aryl methyl sites for hydroxylation is 3. The van der Waals surface area contributed by atoms with E-state index in [-0.39, 0.29) is 11.3 Å². The molecule has 0 unspecified atom stereocenters. The number of hydrogen-bond donors (Lipinski definition) is 1. The molecule has 0 aromatic carbocycles. The summed E-state index contributed by atoms with van der Waals surface area (Å²) < 4.78 is 7.54. The molecule has 2 aromatic rings. The molecule has 164 valence electrons. The number of pyridine rings is 1. The third-order valence-corrected chi connectivity index (χ3v) is 6.73. The number of rotatable bonds is 6. The lowest BCUT2D eigenvalue weighted by Gasteiger charge is -2.42. The number of aromatic nitrogens is 3. The average Bonchev–Trinajstić information content (AvgIpc) is 3.08. The van der Waals surface area contributed by atoms with E-state index in [9.17, 15) is 4.79 Å². The Kier molecular flexibility index (Phi) is 6.39. The fourth-order valence-electron chi connectivity index (χ4n) is 5.03. The Morgan fingerprint density at radius 3 is 2.63 bits per heavy atom. The van der Waals surface area contributed by atoms with Crippen molar-refractivity contribution in [3.05, 3.63) is 23.0 Å². The highest BCUT2D eigenvalue weighted by Gasteiger charge is 2.35. The first-order chi connectivity index (χ1) is 14.5. The van der Waals surface area contributed by atoms with E-state index in [1.54, 1.807) is 0 Å². The van der Waals surface area contributed by atoms with Crippen LogP contribution in [0.4, 0.5) is 0 Å². The van der Waals surface area contributed by atoms with Gasteiger partial charge in [0, 0.05) is 44.0 Å². The molecular formula is C23H35N5O2. The van der Waals surface area contributed by atoms with Crippen molar-refractivity contribution in [2.75, 3.05) is 39.4 Å². The lowest BCUT2D eigenvalue weighted by atomic mass is 9.79. The zero-order valence-electron chi connectivity index (χ0n) is 18.7. The minimum Gasteiger partial charge on any atom is -0.381 e. The SMILES string of the molecule is CCn1nc(C)c2c(C(=O)NCC3(CN4CCCCC4)CCOCC3)cc(C)nc21. The second-order valence-corrected chi connectivity index (χ2v) is 9.04. The van der Waals surface area contributed by atoms with Crippen LogP contribution in [-0.4, -0.2) is 65.0 Å². The van der Waals surface area contributed by atoms with Crippen LogP contribution in [0, 0.1) is 19.3 Å². The summed E-state index contributed by atoms with van der Waals surface area (Å²) in [6, 6.07) is 1.90. The molecule has 7 nitrogen and oxygen atoms in total. The van der Waals surface area contributed by atoms with Gasteiger partial charge in [-0.1, -0.05) is 6.42 Å². The number of amides is 1. The molecule has 0 spiro atoms. The topological polar surface area (TPSA) is 72.3 Å². The zero-order chi connectivity index (χ0) is 21.1. The van der Waals surface area contributed by atoms with Gasteiger partial charge in [-0.2, -0.15) is 5.10 Å². The molecule has 30 heavy (non-hydrogen) atoms. The molecule has 1 amide bonds. The molecule has 0 bridgehead atoms. The van der Waals surface area contributed by atoms with Crippen LogP contribution in [0.3, 0.4) is 0 Å². The summed E-state index contributed by atoms with van der Waals surface area (Å²) >= 11 is 0. The first-order valence-corrected chi connectivity index (χ1v) is 11.4.